The van der Waals surface area contributed by atoms with Crippen LogP contribution in [0.15, 0.2) is 54.7 Å². The van der Waals surface area contributed by atoms with E-state index >= 15 is 0 Å². The first kappa shape index (κ1) is 9.77. The number of aromatic nitrogens is 1. The van der Waals surface area contributed by atoms with Crippen molar-refractivity contribution < 1.29 is 0 Å². The van der Waals surface area contributed by atoms with Gasteiger partial charge in [0.25, 0.3) is 0 Å². The maximum absolute atomic E-state index is 3.24. The molecule has 2 heterocycles. The minimum Gasteiger partial charge on any atom is -0.361 e. The van der Waals surface area contributed by atoms with Crippen molar-refractivity contribution in [2.75, 3.05) is 11.4 Å². The third-order valence-electron chi connectivity index (χ3n) is 3.74. The van der Waals surface area contributed by atoms with Crippen LogP contribution in [-0.4, -0.2) is 11.5 Å². The number of para-hydroxylation sites is 1. The number of hydrogen-bond donors (Lipinski definition) is 1. The van der Waals surface area contributed by atoms with Crippen LogP contribution in [0.3, 0.4) is 0 Å². The number of fused-ring (bicyclic) bond motifs is 2. The molecule has 2 heteroatoms. The van der Waals surface area contributed by atoms with E-state index in [-0.39, 0.29) is 0 Å². The number of benzene rings is 2. The molecule has 2 nitrogen and oxygen atoms in total. The van der Waals surface area contributed by atoms with E-state index < -0.39 is 0 Å². The summed E-state index contributed by atoms with van der Waals surface area (Å²) in [5.74, 6) is 0. The van der Waals surface area contributed by atoms with E-state index in [9.17, 15) is 0 Å². The molecule has 0 amide bonds. The molecule has 0 bridgehead atoms. The fourth-order valence-corrected chi connectivity index (χ4v) is 2.82. The van der Waals surface area contributed by atoms with Crippen LogP contribution in [0.4, 0.5) is 11.4 Å². The maximum atomic E-state index is 3.24. The van der Waals surface area contributed by atoms with Gasteiger partial charge in [0.2, 0.25) is 0 Å². The highest BCUT2D eigenvalue weighted by atomic mass is 15.2. The predicted octanol–water partition coefficient (Wildman–Crippen LogP) is 3.86. The van der Waals surface area contributed by atoms with Crippen molar-refractivity contribution in [1.29, 1.82) is 0 Å². The summed E-state index contributed by atoms with van der Waals surface area (Å²) < 4.78 is 0. The molecule has 2 aromatic carbocycles. The Hall–Kier alpha value is -2.22. The predicted molar refractivity (Wildman–Crippen MR) is 75.5 cm³/mol. The Morgan fingerprint density at radius 2 is 1.94 bits per heavy atom. The summed E-state index contributed by atoms with van der Waals surface area (Å²) in [5, 5.41) is 1.27. The Morgan fingerprint density at radius 3 is 2.94 bits per heavy atom. The smallest absolute Gasteiger partial charge is 0.0455 e. The van der Waals surface area contributed by atoms with E-state index in [2.05, 4.69) is 58.4 Å². The van der Waals surface area contributed by atoms with E-state index in [1.54, 1.807) is 0 Å². The van der Waals surface area contributed by atoms with Gasteiger partial charge in [0.15, 0.2) is 0 Å². The van der Waals surface area contributed by atoms with Gasteiger partial charge in [-0.2, -0.15) is 0 Å². The fourth-order valence-electron chi connectivity index (χ4n) is 2.82. The average molecular weight is 234 g/mol. The SMILES string of the molecule is c1ccc2c(c1)CCN2c1ccc2[nH]ccc2c1. The number of rotatable bonds is 1. The topological polar surface area (TPSA) is 19.0 Å². The van der Waals surface area contributed by atoms with Gasteiger partial charge in [0, 0.05) is 35.0 Å². The second-order valence-corrected chi connectivity index (χ2v) is 4.78. The van der Waals surface area contributed by atoms with Gasteiger partial charge in [-0.1, -0.05) is 18.2 Å². The molecule has 0 saturated carbocycles. The largest absolute Gasteiger partial charge is 0.361 e. The molecule has 0 fully saturated rings. The second kappa shape index (κ2) is 3.64. The van der Waals surface area contributed by atoms with E-state index in [1.807, 2.05) is 6.20 Å². The molecular weight excluding hydrogens is 220 g/mol. The Balaban J connectivity index is 1.84. The summed E-state index contributed by atoms with van der Waals surface area (Å²) in [7, 11) is 0. The molecule has 0 atom stereocenters. The molecule has 88 valence electrons. The molecule has 1 aliphatic heterocycles. The van der Waals surface area contributed by atoms with Crippen LogP contribution in [0.25, 0.3) is 10.9 Å². The van der Waals surface area contributed by atoms with Gasteiger partial charge >= 0.3 is 0 Å². The summed E-state index contributed by atoms with van der Waals surface area (Å²) in [4.78, 5) is 5.64. The van der Waals surface area contributed by atoms with Gasteiger partial charge in [0.05, 0.1) is 0 Å². The first-order valence-corrected chi connectivity index (χ1v) is 6.34. The van der Waals surface area contributed by atoms with Crippen molar-refractivity contribution >= 4 is 22.3 Å². The number of anilines is 2. The molecule has 3 aromatic rings. The lowest BCUT2D eigenvalue weighted by Gasteiger charge is -2.19. The third-order valence-corrected chi connectivity index (χ3v) is 3.74. The minimum atomic E-state index is 1.08. The first-order chi connectivity index (χ1) is 8.92. The molecule has 0 spiro atoms. The van der Waals surface area contributed by atoms with Crippen molar-refractivity contribution in [1.82, 2.24) is 4.98 Å². The average Bonchev–Trinajstić information content (AvgIpc) is 3.04. The van der Waals surface area contributed by atoms with Crippen molar-refractivity contribution in [2.45, 2.75) is 6.42 Å². The van der Waals surface area contributed by atoms with Crippen LogP contribution in [0, 0.1) is 0 Å². The third kappa shape index (κ3) is 1.35. The van der Waals surface area contributed by atoms with Gasteiger partial charge in [-0.05, 0) is 42.3 Å². The highest BCUT2D eigenvalue weighted by Crippen LogP contribution is 2.35. The molecule has 1 aromatic heterocycles. The number of hydrogen-bond acceptors (Lipinski definition) is 1. The molecule has 0 unspecified atom stereocenters. The second-order valence-electron chi connectivity index (χ2n) is 4.78. The highest BCUT2D eigenvalue weighted by Gasteiger charge is 2.19. The lowest BCUT2D eigenvalue weighted by atomic mass is 10.1. The van der Waals surface area contributed by atoms with Gasteiger partial charge < -0.3 is 9.88 Å². The number of aromatic amines is 1. The van der Waals surface area contributed by atoms with E-state index in [0.29, 0.717) is 0 Å². The zero-order valence-corrected chi connectivity index (χ0v) is 10.1. The van der Waals surface area contributed by atoms with Crippen LogP contribution in [-0.2, 0) is 6.42 Å². The summed E-state index contributed by atoms with van der Waals surface area (Å²) in [5.41, 5.74) is 5.29. The van der Waals surface area contributed by atoms with Crippen LogP contribution < -0.4 is 4.90 Å². The molecule has 18 heavy (non-hydrogen) atoms. The standard InChI is InChI=1S/C16H14N2/c1-2-4-16-12(3-1)8-10-18(16)14-5-6-15-13(11-14)7-9-17-15/h1-7,9,11,17H,8,10H2. The molecule has 1 N–H and O–H groups in total. The Kier molecular flexibility index (Phi) is 1.97. The Bertz CT molecular complexity index is 712. The van der Waals surface area contributed by atoms with Crippen LogP contribution in [0.5, 0.6) is 0 Å². The highest BCUT2D eigenvalue weighted by molar-refractivity contribution is 5.85. The molecule has 1 aliphatic rings. The van der Waals surface area contributed by atoms with Crippen LogP contribution in [0.2, 0.25) is 0 Å². The van der Waals surface area contributed by atoms with Crippen molar-refractivity contribution in [3.63, 3.8) is 0 Å². The lowest BCUT2D eigenvalue weighted by molar-refractivity contribution is 0.999. The van der Waals surface area contributed by atoms with Gasteiger partial charge in [-0.3, -0.25) is 0 Å². The summed E-state index contributed by atoms with van der Waals surface area (Å²) in [6.45, 7) is 1.08. The van der Waals surface area contributed by atoms with E-state index in [4.69, 9.17) is 0 Å². The number of H-pyrrole nitrogens is 1. The van der Waals surface area contributed by atoms with Crippen LogP contribution >= 0.6 is 0 Å². The number of nitrogens with one attached hydrogen (secondary N) is 1. The fraction of sp³-hybridized carbons (Fsp3) is 0.125. The molecular formula is C16H14N2. The summed E-state index contributed by atoms with van der Waals surface area (Å²) in [6.07, 6.45) is 3.13. The summed E-state index contributed by atoms with van der Waals surface area (Å²) in [6, 6.07) is 17.4. The first-order valence-electron chi connectivity index (χ1n) is 6.34. The minimum absolute atomic E-state index is 1.08. The van der Waals surface area contributed by atoms with E-state index in [1.165, 1.54) is 27.8 Å². The molecule has 0 saturated heterocycles. The molecule has 0 radical (unpaired) electrons. The summed E-state index contributed by atoms with van der Waals surface area (Å²) >= 11 is 0. The van der Waals surface area contributed by atoms with E-state index in [0.717, 1.165) is 13.0 Å². The van der Waals surface area contributed by atoms with Gasteiger partial charge in [0.1, 0.15) is 0 Å². The van der Waals surface area contributed by atoms with Crippen molar-refractivity contribution in [3.8, 4) is 0 Å². The van der Waals surface area contributed by atoms with Gasteiger partial charge in [-0.25, -0.2) is 0 Å². The zero-order valence-electron chi connectivity index (χ0n) is 10.1. The van der Waals surface area contributed by atoms with Crippen LogP contribution in [0.1, 0.15) is 5.56 Å². The lowest BCUT2D eigenvalue weighted by Crippen LogP contribution is -2.12. The van der Waals surface area contributed by atoms with Crippen molar-refractivity contribution in [3.05, 3.63) is 60.3 Å². The maximum Gasteiger partial charge on any atom is 0.0455 e. The monoisotopic (exact) mass is 234 g/mol. The zero-order chi connectivity index (χ0) is 11.9. The van der Waals surface area contributed by atoms with Gasteiger partial charge in [-0.15, -0.1) is 0 Å². The number of nitrogens with zero attached hydrogens (tertiary/aromatic N) is 1. The normalized spacial score (nSPS) is 14.1. The quantitative estimate of drug-likeness (QED) is 0.677. The van der Waals surface area contributed by atoms with Crippen molar-refractivity contribution in [2.24, 2.45) is 0 Å². The Morgan fingerprint density at radius 1 is 1.00 bits per heavy atom. The Labute approximate surface area is 106 Å². The molecule has 0 aliphatic carbocycles. The molecule has 4 rings (SSSR count).